The Morgan fingerprint density at radius 3 is 2.42 bits per heavy atom. The van der Waals surface area contributed by atoms with Crippen molar-refractivity contribution in [1.82, 2.24) is 19.7 Å². The number of rotatable bonds is 6. The second-order valence-electron chi connectivity index (χ2n) is 7.88. The van der Waals surface area contributed by atoms with Crippen molar-refractivity contribution >= 4 is 39.8 Å². The first-order valence-electron chi connectivity index (χ1n) is 10.4. The molecule has 0 atom stereocenters. The first-order valence-corrected chi connectivity index (χ1v) is 12.2. The molecule has 6 nitrogen and oxygen atoms in total. The number of anilines is 2. The third-order valence-corrected chi connectivity index (χ3v) is 7.12. The minimum Gasteiger partial charge on any atom is -0.305 e. The van der Waals surface area contributed by atoms with E-state index in [0.29, 0.717) is 16.7 Å². The van der Waals surface area contributed by atoms with Gasteiger partial charge in [-0.1, -0.05) is 29.5 Å². The van der Waals surface area contributed by atoms with Gasteiger partial charge in [0.05, 0.1) is 11.4 Å². The van der Waals surface area contributed by atoms with Gasteiger partial charge in [0.2, 0.25) is 5.91 Å². The molecule has 0 fully saturated rings. The van der Waals surface area contributed by atoms with Gasteiger partial charge in [0.1, 0.15) is 5.82 Å². The zero-order chi connectivity index (χ0) is 23.7. The van der Waals surface area contributed by atoms with Crippen molar-refractivity contribution in [3.8, 4) is 11.4 Å². The molecule has 0 aliphatic carbocycles. The number of nitrogens with zero attached hydrogens (tertiary/aromatic N) is 5. The number of carbonyl (C=O) groups is 1. The molecule has 1 amide bonds. The average Bonchev–Trinajstić information content (AvgIpc) is 3.36. The summed E-state index contributed by atoms with van der Waals surface area (Å²) >= 11 is 2.96. The number of amides is 1. The SMILES string of the molecule is CC(=O)N(c1nc(CSc2nnc(-c3ccc(F)cc3)n2C)cs1)c1c(C)cc(C)cc1C. The van der Waals surface area contributed by atoms with E-state index >= 15 is 0 Å². The number of carbonyl (C=O) groups excluding carboxylic acids is 1. The number of hydrogen-bond donors (Lipinski definition) is 0. The maximum absolute atomic E-state index is 13.2. The normalized spacial score (nSPS) is 11.1. The van der Waals surface area contributed by atoms with Crippen LogP contribution < -0.4 is 4.90 Å². The number of benzene rings is 2. The van der Waals surface area contributed by atoms with Crippen molar-refractivity contribution in [3.63, 3.8) is 0 Å². The van der Waals surface area contributed by atoms with Crippen LogP contribution in [-0.2, 0) is 17.6 Å². The lowest BCUT2D eigenvalue weighted by Gasteiger charge is -2.23. The van der Waals surface area contributed by atoms with Crippen molar-refractivity contribution in [3.05, 3.63) is 70.0 Å². The van der Waals surface area contributed by atoms with Crippen LogP contribution in [0.4, 0.5) is 15.2 Å². The summed E-state index contributed by atoms with van der Waals surface area (Å²) in [6, 6.07) is 10.3. The molecule has 2 aromatic carbocycles. The Bertz CT molecular complexity index is 1290. The predicted octanol–water partition coefficient (Wildman–Crippen LogP) is 5.98. The topological polar surface area (TPSA) is 63.9 Å². The summed E-state index contributed by atoms with van der Waals surface area (Å²) in [6.45, 7) is 7.64. The van der Waals surface area contributed by atoms with Gasteiger partial charge in [-0.2, -0.15) is 0 Å². The van der Waals surface area contributed by atoms with Crippen LogP contribution in [0.3, 0.4) is 0 Å². The highest BCUT2D eigenvalue weighted by atomic mass is 32.2. The largest absolute Gasteiger partial charge is 0.305 e. The van der Waals surface area contributed by atoms with E-state index in [1.165, 1.54) is 35.2 Å². The fourth-order valence-electron chi connectivity index (χ4n) is 3.81. The maximum atomic E-state index is 13.2. The van der Waals surface area contributed by atoms with E-state index in [1.54, 1.807) is 24.0 Å². The molecule has 9 heteroatoms. The summed E-state index contributed by atoms with van der Waals surface area (Å²) in [5.41, 5.74) is 5.80. The standard InChI is InChI=1S/C24H24FN5OS2/c1-14-10-15(2)21(16(3)11-14)30(17(4)31)23-26-20(12-32-23)13-33-24-28-27-22(29(24)5)18-6-8-19(25)9-7-18/h6-12H,13H2,1-5H3. The Morgan fingerprint density at radius 2 is 1.79 bits per heavy atom. The van der Waals surface area contributed by atoms with Crippen LogP contribution in [0.1, 0.15) is 29.3 Å². The summed E-state index contributed by atoms with van der Waals surface area (Å²) in [4.78, 5) is 19.0. The van der Waals surface area contributed by atoms with Crippen LogP contribution in [0.15, 0.2) is 46.9 Å². The molecule has 0 aliphatic rings. The molecule has 0 aliphatic heterocycles. The summed E-state index contributed by atoms with van der Waals surface area (Å²) < 4.78 is 15.1. The molecule has 2 heterocycles. The fraction of sp³-hybridized carbons (Fsp3) is 0.250. The highest BCUT2D eigenvalue weighted by molar-refractivity contribution is 7.98. The van der Waals surface area contributed by atoms with E-state index in [4.69, 9.17) is 4.98 Å². The highest BCUT2D eigenvalue weighted by Crippen LogP contribution is 2.35. The van der Waals surface area contributed by atoms with E-state index in [1.807, 2.05) is 30.8 Å². The van der Waals surface area contributed by atoms with E-state index in [2.05, 4.69) is 29.3 Å². The minimum atomic E-state index is -0.287. The Kier molecular flexibility index (Phi) is 6.62. The predicted molar refractivity (Wildman–Crippen MR) is 132 cm³/mol. The molecule has 0 bridgehead atoms. The summed E-state index contributed by atoms with van der Waals surface area (Å²) in [6.07, 6.45) is 0. The van der Waals surface area contributed by atoms with Crippen LogP contribution in [0.2, 0.25) is 0 Å². The molecular weight excluding hydrogens is 457 g/mol. The molecule has 4 rings (SSSR count). The molecule has 33 heavy (non-hydrogen) atoms. The van der Waals surface area contributed by atoms with Crippen molar-refractivity contribution in [2.45, 2.75) is 38.6 Å². The number of aryl methyl sites for hydroxylation is 3. The zero-order valence-corrected chi connectivity index (χ0v) is 20.7. The van der Waals surface area contributed by atoms with Crippen molar-refractivity contribution in [2.75, 3.05) is 4.90 Å². The fourth-order valence-corrected chi connectivity index (χ4v) is 5.59. The zero-order valence-electron chi connectivity index (χ0n) is 19.1. The molecule has 4 aromatic rings. The summed E-state index contributed by atoms with van der Waals surface area (Å²) in [5, 5.41) is 11.9. The molecule has 0 unspecified atom stereocenters. The van der Waals surface area contributed by atoms with E-state index in [9.17, 15) is 9.18 Å². The van der Waals surface area contributed by atoms with Crippen LogP contribution in [-0.4, -0.2) is 25.7 Å². The molecule has 0 radical (unpaired) electrons. The number of hydrogen-bond acceptors (Lipinski definition) is 6. The lowest BCUT2D eigenvalue weighted by molar-refractivity contribution is -0.115. The average molecular weight is 482 g/mol. The number of aromatic nitrogens is 4. The molecule has 2 aromatic heterocycles. The van der Waals surface area contributed by atoms with Gasteiger partial charge in [0, 0.05) is 30.7 Å². The smallest absolute Gasteiger partial charge is 0.230 e. The van der Waals surface area contributed by atoms with Crippen molar-refractivity contribution in [1.29, 1.82) is 0 Å². The van der Waals surface area contributed by atoms with E-state index in [0.717, 1.165) is 38.8 Å². The molecule has 0 saturated heterocycles. The molecule has 170 valence electrons. The number of halogens is 1. The molecule has 0 spiro atoms. The van der Waals surface area contributed by atoms with Gasteiger partial charge in [0.15, 0.2) is 16.1 Å². The monoisotopic (exact) mass is 481 g/mol. The van der Waals surface area contributed by atoms with Crippen LogP contribution in [0.25, 0.3) is 11.4 Å². The van der Waals surface area contributed by atoms with Gasteiger partial charge < -0.3 is 4.57 Å². The van der Waals surface area contributed by atoms with Gasteiger partial charge in [-0.15, -0.1) is 21.5 Å². The van der Waals surface area contributed by atoms with E-state index in [-0.39, 0.29) is 11.7 Å². The number of thioether (sulfide) groups is 1. The first-order chi connectivity index (χ1) is 15.7. The third kappa shape index (κ3) is 4.84. The van der Waals surface area contributed by atoms with Crippen molar-refractivity contribution in [2.24, 2.45) is 7.05 Å². The lowest BCUT2D eigenvalue weighted by atomic mass is 10.0. The van der Waals surface area contributed by atoms with Crippen LogP contribution in [0, 0.1) is 26.6 Å². The summed E-state index contributed by atoms with van der Waals surface area (Å²) in [7, 11) is 1.88. The lowest BCUT2D eigenvalue weighted by Crippen LogP contribution is -2.24. The Balaban J connectivity index is 1.53. The van der Waals surface area contributed by atoms with Crippen molar-refractivity contribution < 1.29 is 9.18 Å². The van der Waals surface area contributed by atoms with Gasteiger partial charge in [-0.05, 0) is 56.2 Å². The minimum absolute atomic E-state index is 0.0733. The molecule has 0 saturated carbocycles. The van der Waals surface area contributed by atoms with E-state index < -0.39 is 0 Å². The molecular formula is C24H24FN5OS2. The Hall–Kier alpha value is -3.04. The quantitative estimate of drug-likeness (QED) is 0.317. The molecule has 0 N–H and O–H groups in total. The number of thiazole rings is 1. The Labute approximate surface area is 200 Å². The van der Waals surface area contributed by atoms with Gasteiger partial charge in [-0.25, -0.2) is 9.37 Å². The van der Waals surface area contributed by atoms with Gasteiger partial charge >= 0.3 is 0 Å². The van der Waals surface area contributed by atoms with Gasteiger partial charge in [0.25, 0.3) is 0 Å². The van der Waals surface area contributed by atoms with Crippen LogP contribution >= 0.6 is 23.1 Å². The second kappa shape index (κ2) is 9.44. The van der Waals surface area contributed by atoms with Crippen LogP contribution in [0.5, 0.6) is 0 Å². The maximum Gasteiger partial charge on any atom is 0.230 e. The highest BCUT2D eigenvalue weighted by Gasteiger charge is 2.22. The first kappa shape index (κ1) is 23.1. The Morgan fingerprint density at radius 1 is 1.12 bits per heavy atom. The second-order valence-corrected chi connectivity index (χ2v) is 9.66. The summed E-state index contributed by atoms with van der Waals surface area (Å²) in [5.74, 6) is 0.898. The van der Waals surface area contributed by atoms with Gasteiger partial charge in [-0.3, -0.25) is 9.69 Å². The third-order valence-electron chi connectivity index (χ3n) is 5.19.